The third-order valence-corrected chi connectivity index (χ3v) is 11.8. The van der Waals surface area contributed by atoms with E-state index in [1.807, 2.05) is 12.2 Å². The van der Waals surface area contributed by atoms with Crippen LogP contribution in [0.2, 0.25) is 5.02 Å². The highest BCUT2D eigenvalue weighted by Crippen LogP contribution is 2.57. The topological polar surface area (TPSA) is 162 Å². The van der Waals surface area contributed by atoms with Gasteiger partial charge in [0.2, 0.25) is 21.8 Å². The predicted octanol–water partition coefficient (Wildman–Crippen LogP) is 5.27. The molecule has 4 aliphatic rings. The van der Waals surface area contributed by atoms with Gasteiger partial charge in [0.1, 0.15) is 17.2 Å². The van der Waals surface area contributed by atoms with E-state index in [1.54, 1.807) is 39.0 Å². The fraction of sp³-hybridized carbons (Fsp3) is 0.629. The molecular weight excluding hydrogens is 674 g/mol. The lowest BCUT2D eigenvalue weighted by Crippen LogP contribution is -2.46. The molecule has 2 saturated carbocycles. The third kappa shape index (κ3) is 8.30. The maximum atomic E-state index is 14.3. The largest absolute Gasteiger partial charge is 0.460 e. The summed E-state index contributed by atoms with van der Waals surface area (Å²) < 4.78 is 45.2. The minimum atomic E-state index is -3.83. The molecule has 2 aliphatic heterocycles. The number of benzene rings is 1. The van der Waals surface area contributed by atoms with Gasteiger partial charge in [0, 0.05) is 23.8 Å². The number of nitrogens with zero attached hydrogens (tertiary/aromatic N) is 2. The third-order valence-electron chi connectivity index (χ3n) is 9.76. The first-order valence-corrected chi connectivity index (χ1v) is 19.1. The van der Waals surface area contributed by atoms with Crippen LogP contribution < -0.4 is 9.46 Å². The summed E-state index contributed by atoms with van der Waals surface area (Å²) in [6, 6.07) is 3.99. The zero-order valence-corrected chi connectivity index (χ0v) is 29.7. The molecule has 0 unspecified atom stereocenters. The molecular formula is C35H44ClN3O9S. The van der Waals surface area contributed by atoms with Gasteiger partial charge in [-0.05, 0) is 83.4 Å². The highest BCUT2D eigenvalue weighted by Gasteiger charge is 2.61. The predicted molar refractivity (Wildman–Crippen MR) is 180 cm³/mol. The molecule has 1 N–H and O–H groups in total. The molecule has 2 aliphatic carbocycles. The van der Waals surface area contributed by atoms with Gasteiger partial charge >= 0.3 is 12.0 Å². The smallest absolute Gasteiger partial charge is 0.394 e. The number of hydrogen-bond donors (Lipinski definition) is 1. The van der Waals surface area contributed by atoms with Crippen LogP contribution in [-0.2, 0) is 33.9 Å². The van der Waals surface area contributed by atoms with Crippen LogP contribution in [0.4, 0.5) is 0 Å². The lowest BCUT2D eigenvalue weighted by Gasteiger charge is -2.29. The number of ketones is 1. The summed E-state index contributed by atoms with van der Waals surface area (Å²) in [5.74, 6) is -2.95. The standard InChI is InChI=1S/C35H44ClN3O9S/c1-34(2,3)48-30(41)15-21-9-7-5-4-6-8-10-22-18-35(22,32(43)38-49(44,45)25-12-13-25)19-28(40)27-17-24(20-39(27)31(21)42)46-33-37-26-16-23(36)11-14-29(26)47-33/h8,10-11,14,16,21-22,24-25,27H,4-7,9,12-13,15,17-20H2,1-3H3,(H,38,43)/b10-8-/t21-,22-,24-,27+,35-/m1/s1. The van der Waals surface area contributed by atoms with E-state index in [-0.39, 0.29) is 49.5 Å². The Kier molecular flexibility index (Phi) is 9.89. The molecule has 3 heterocycles. The Morgan fingerprint density at radius 2 is 1.92 bits per heavy atom. The molecule has 0 bridgehead atoms. The van der Waals surface area contributed by atoms with Gasteiger partial charge in [0.25, 0.3) is 0 Å². The number of hydrogen-bond acceptors (Lipinski definition) is 10. The van der Waals surface area contributed by atoms with Crippen LogP contribution in [0.15, 0.2) is 34.8 Å². The molecule has 49 heavy (non-hydrogen) atoms. The number of Topliss-reactive ketones (excluding diaryl/α,β-unsaturated/α-hetero) is 1. The fourth-order valence-electron chi connectivity index (χ4n) is 6.98. The van der Waals surface area contributed by atoms with Gasteiger partial charge in [-0.25, -0.2) is 8.42 Å². The minimum Gasteiger partial charge on any atom is -0.460 e. The van der Waals surface area contributed by atoms with E-state index in [0.717, 1.165) is 19.3 Å². The summed E-state index contributed by atoms with van der Waals surface area (Å²) in [7, 11) is -3.83. The average molecular weight is 718 g/mol. The molecule has 0 spiro atoms. The van der Waals surface area contributed by atoms with Crippen molar-refractivity contribution < 1.29 is 41.5 Å². The number of esters is 1. The van der Waals surface area contributed by atoms with E-state index in [2.05, 4.69) is 9.71 Å². The van der Waals surface area contributed by atoms with Gasteiger partial charge < -0.3 is 18.8 Å². The summed E-state index contributed by atoms with van der Waals surface area (Å²) in [6.45, 7) is 5.32. The normalized spacial score (nSPS) is 28.9. The summed E-state index contributed by atoms with van der Waals surface area (Å²) in [5.41, 5.74) is -1.02. The monoisotopic (exact) mass is 717 g/mol. The van der Waals surface area contributed by atoms with Crippen LogP contribution in [-0.4, -0.2) is 71.4 Å². The number of amides is 2. The second-order valence-corrected chi connectivity index (χ2v) is 17.3. The van der Waals surface area contributed by atoms with E-state index < -0.39 is 56.2 Å². The molecule has 266 valence electrons. The van der Waals surface area contributed by atoms with Crippen molar-refractivity contribution in [2.45, 2.75) is 114 Å². The molecule has 0 radical (unpaired) electrons. The van der Waals surface area contributed by atoms with E-state index in [1.165, 1.54) is 4.90 Å². The van der Waals surface area contributed by atoms with Gasteiger partial charge in [0.05, 0.1) is 29.7 Å². The maximum absolute atomic E-state index is 14.3. The van der Waals surface area contributed by atoms with Crippen molar-refractivity contribution in [3.63, 3.8) is 0 Å². The van der Waals surface area contributed by atoms with E-state index in [0.29, 0.717) is 48.2 Å². The number of ether oxygens (including phenoxy) is 2. The highest BCUT2D eigenvalue weighted by molar-refractivity contribution is 7.90. The second-order valence-electron chi connectivity index (χ2n) is 14.9. The van der Waals surface area contributed by atoms with Crippen LogP contribution >= 0.6 is 11.6 Å². The zero-order valence-electron chi connectivity index (χ0n) is 28.1. The van der Waals surface area contributed by atoms with Gasteiger partial charge in [-0.3, -0.25) is 23.9 Å². The number of carbonyl (C=O) groups is 4. The van der Waals surface area contributed by atoms with Crippen LogP contribution in [0, 0.1) is 17.3 Å². The van der Waals surface area contributed by atoms with Crippen molar-refractivity contribution in [3.05, 3.63) is 35.4 Å². The summed E-state index contributed by atoms with van der Waals surface area (Å²) >= 11 is 6.11. The SMILES string of the molecule is CC(C)(C)OC(=O)C[C@H]1CCCCC/C=C\[C@@H]2C[C@@]2(C(=O)NS(=O)(=O)C2CC2)CC(=O)[C@@H]2C[C@@H](Oc3nc4cc(Cl)ccc4o3)CN2C1=O. The van der Waals surface area contributed by atoms with Gasteiger partial charge in [-0.2, -0.15) is 4.98 Å². The van der Waals surface area contributed by atoms with Gasteiger partial charge in [-0.1, -0.05) is 36.6 Å². The Balaban J connectivity index is 1.28. The zero-order chi connectivity index (χ0) is 35.1. The summed E-state index contributed by atoms with van der Waals surface area (Å²) in [6.07, 6.45) is 7.74. The molecule has 6 rings (SSSR count). The molecule has 1 aromatic carbocycles. The first-order valence-electron chi connectivity index (χ1n) is 17.1. The Hall–Kier alpha value is -3.45. The van der Waals surface area contributed by atoms with E-state index in [4.69, 9.17) is 25.5 Å². The first kappa shape index (κ1) is 35.4. The van der Waals surface area contributed by atoms with Crippen LogP contribution in [0.5, 0.6) is 6.08 Å². The maximum Gasteiger partial charge on any atom is 0.394 e. The number of rotatable bonds is 7. The molecule has 12 nitrogen and oxygen atoms in total. The Morgan fingerprint density at radius 1 is 1.14 bits per heavy atom. The molecule has 2 aromatic rings. The lowest BCUT2D eigenvalue weighted by atomic mass is 9.90. The molecule has 5 atom stereocenters. The Labute approximate surface area is 291 Å². The number of sulfonamides is 1. The van der Waals surface area contributed by atoms with Crippen molar-refractivity contribution in [1.82, 2.24) is 14.6 Å². The van der Waals surface area contributed by atoms with Crippen molar-refractivity contribution in [2.75, 3.05) is 6.54 Å². The molecule has 3 fully saturated rings. The van der Waals surface area contributed by atoms with Crippen molar-refractivity contribution in [2.24, 2.45) is 17.3 Å². The van der Waals surface area contributed by atoms with Crippen molar-refractivity contribution >= 4 is 56.3 Å². The number of carbonyl (C=O) groups excluding carboxylic acids is 4. The number of nitrogens with one attached hydrogen (secondary N) is 1. The van der Waals surface area contributed by atoms with Crippen LogP contribution in [0.25, 0.3) is 11.1 Å². The Morgan fingerprint density at radius 3 is 2.65 bits per heavy atom. The lowest BCUT2D eigenvalue weighted by molar-refractivity contribution is -0.159. The number of halogens is 1. The quantitative estimate of drug-likeness (QED) is 0.295. The van der Waals surface area contributed by atoms with Crippen molar-refractivity contribution in [1.29, 1.82) is 0 Å². The summed E-state index contributed by atoms with van der Waals surface area (Å²) in [4.78, 5) is 61.1. The average Bonchev–Trinajstić information content (AvgIpc) is 3.90. The first-order chi connectivity index (χ1) is 23.1. The molecule has 1 saturated heterocycles. The van der Waals surface area contributed by atoms with E-state index >= 15 is 0 Å². The molecule has 2 amide bonds. The van der Waals surface area contributed by atoms with Gasteiger partial charge in [0.15, 0.2) is 11.4 Å². The van der Waals surface area contributed by atoms with Crippen molar-refractivity contribution in [3.8, 4) is 6.08 Å². The van der Waals surface area contributed by atoms with Crippen LogP contribution in [0.3, 0.4) is 0 Å². The molecule has 1 aromatic heterocycles. The number of oxazole rings is 1. The fourth-order valence-corrected chi connectivity index (χ4v) is 8.53. The second kappa shape index (κ2) is 13.7. The minimum absolute atomic E-state index is 0.0259. The van der Waals surface area contributed by atoms with Gasteiger partial charge in [-0.15, -0.1) is 0 Å². The Bertz CT molecular complexity index is 1760. The number of allylic oxidation sites excluding steroid dienone is 2. The summed E-state index contributed by atoms with van der Waals surface area (Å²) in [5, 5.41) is -0.119. The number of aromatic nitrogens is 1. The highest BCUT2D eigenvalue weighted by atomic mass is 35.5. The van der Waals surface area contributed by atoms with E-state index in [9.17, 15) is 27.6 Å². The molecule has 14 heteroatoms. The number of fused-ring (bicyclic) bond motifs is 3. The van der Waals surface area contributed by atoms with Crippen LogP contribution in [0.1, 0.15) is 91.4 Å².